The molecule has 0 fully saturated rings. The Morgan fingerprint density at radius 1 is 0.220 bits per heavy atom. The molecule has 0 heterocycles. The quantitative estimate of drug-likeness (QED) is 0.160. The van der Waals surface area contributed by atoms with Gasteiger partial charge >= 0.3 is 0 Å². The second kappa shape index (κ2) is 12.8. The standard InChI is InChI=1S/C50H34/c1-5-16-35(17-6-1)41-29-42(36-18-7-2-8-19-36)32-45(31-41)48-27-15-25-40-28-39-24-13-14-26-47(39)50(49(40)48)46-33-43(37-20-9-3-10-21-37)30-44(34-46)38-22-11-4-12-23-38/h1-34H. The Labute approximate surface area is 293 Å². The van der Waals surface area contributed by atoms with Gasteiger partial charge in [0.25, 0.3) is 0 Å². The van der Waals surface area contributed by atoms with E-state index in [2.05, 4.69) is 206 Å². The van der Waals surface area contributed by atoms with Gasteiger partial charge in [0.2, 0.25) is 0 Å². The monoisotopic (exact) mass is 634 g/mol. The van der Waals surface area contributed by atoms with E-state index in [0.29, 0.717) is 0 Å². The van der Waals surface area contributed by atoms with Crippen LogP contribution in [0.1, 0.15) is 0 Å². The summed E-state index contributed by atoms with van der Waals surface area (Å²) in [5, 5.41) is 4.98. The summed E-state index contributed by atoms with van der Waals surface area (Å²) < 4.78 is 0. The number of hydrogen-bond acceptors (Lipinski definition) is 0. The van der Waals surface area contributed by atoms with Crippen molar-refractivity contribution in [3.05, 3.63) is 206 Å². The van der Waals surface area contributed by atoms with Gasteiger partial charge in [-0.05, 0) is 131 Å². The molecule has 9 rings (SSSR count). The summed E-state index contributed by atoms with van der Waals surface area (Å²) in [6.07, 6.45) is 0. The lowest BCUT2D eigenvalue weighted by atomic mass is 9.84. The van der Waals surface area contributed by atoms with Crippen LogP contribution in [0.2, 0.25) is 0 Å². The largest absolute Gasteiger partial charge is 0.0622 e. The number of rotatable bonds is 6. The molecule has 0 heteroatoms. The van der Waals surface area contributed by atoms with E-state index in [-0.39, 0.29) is 0 Å². The van der Waals surface area contributed by atoms with Gasteiger partial charge in [0.1, 0.15) is 0 Å². The summed E-state index contributed by atoms with van der Waals surface area (Å²) in [4.78, 5) is 0. The topological polar surface area (TPSA) is 0 Å². The fourth-order valence-electron chi connectivity index (χ4n) is 7.41. The van der Waals surface area contributed by atoms with Crippen LogP contribution in [0.15, 0.2) is 206 Å². The smallest absolute Gasteiger partial charge is 0.00201 e. The Balaban J connectivity index is 1.37. The van der Waals surface area contributed by atoms with Gasteiger partial charge in [-0.2, -0.15) is 0 Å². The minimum atomic E-state index is 1.20. The first-order valence-electron chi connectivity index (χ1n) is 17.3. The van der Waals surface area contributed by atoms with Crippen LogP contribution in [0.25, 0.3) is 88.3 Å². The molecule has 50 heavy (non-hydrogen) atoms. The molecule has 0 bridgehead atoms. The van der Waals surface area contributed by atoms with Crippen molar-refractivity contribution in [2.24, 2.45) is 0 Å². The van der Waals surface area contributed by atoms with E-state index in [1.165, 1.54) is 88.3 Å². The van der Waals surface area contributed by atoms with E-state index in [0.717, 1.165) is 0 Å². The lowest BCUT2D eigenvalue weighted by Gasteiger charge is -2.19. The molecule has 9 aromatic rings. The number of fused-ring (bicyclic) bond motifs is 2. The van der Waals surface area contributed by atoms with Crippen LogP contribution in [0, 0.1) is 0 Å². The molecule has 9 aromatic carbocycles. The van der Waals surface area contributed by atoms with Gasteiger partial charge in [0, 0.05) is 0 Å². The predicted octanol–water partition coefficient (Wildman–Crippen LogP) is 14.0. The van der Waals surface area contributed by atoms with Crippen LogP contribution >= 0.6 is 0 Å². The average molecular weight is 635 g/mol. The van der Waals surface area contributed by atoms with E-state index in [1.807, 2.05) is 0 Å². The van der Waals surface area contributed by atoms with E-state index in [1.54, 1.807) is 0 Å². The van der Waals surface area contributed by atoms with Crippen molar-refractivity contribution in [2.45, 2.75) is 0 Å². The van der Waals surface area contributed by atoms with Crippen molar-refractivity contribution in [3.8, 4) is 66.8 Å². The zero-order chi connectivity index (χ0) is 33.3. The first-order chi connectivity index (χ1) is 24.8. The van der Waals surface area contributed by atoms with Gasteiger partial charge < -0.3 is 0 Å². The molecule has 0 nitrogen and oxygen atoms in total. The zero-order valence-corrected chi connectivity index (χ0v) is 27.6. The van der Waals surface area contributed by atoms with Crippen molar-refractivity contribution < 1.29 is 0 Å². The van der Waals surface area contributed by atoms with Gasteiger partial charge in [-0.1, -0.05) is 164 Å². The fraction of sp³-hybridized carbons (Fsp3) is 0. The van der Waals surface area contributed by atoms with Crippen molar-refractivity contribution in [2.75, 3.05) is 0 Å². The van der Waals surface area contributed by atoms with E-state index in [4.69, 9.17) is 0 Å². The molecular formula is C50H34. The van der Waals surface area contributed by atoms with Gasteiger partial charge in [-0.3, -0.25) is 0 Å². The van der Waals surface area contributed by atoms with Gasteiger partial charge in [-0.15, -0.1) is 0 Å². The molecule has 0 aromatic heterocycles. The van der Waals surface area contributed by atoms with Crippen LogP contribution in [-0.4, -0.2) is 0 Å². The van der Waals surface area contributed by atoms with Crippen molar-refractivity contribution in [1.29, 1.82) is 0 Å². The summed E-state index contributed by atoms with van der Waals surface area (Å²) >= 11 is 0. The highest BCUT2D eigenvalue weighted by Crippen LogP contribution is 2.45. The summed E-state index contributed by atoms with van der Waals surface area (Å²) in [7, 11) is 0. The minimum absolute atomic E-state index is 1.20. The Kier molecular flexibility index (Phi) is 7.61. The van der Waals surface area contributed by atoms with E-state index < -0.39 is 0 Å². The molecule has 0 spiro atoms. The maximum absolute atomic E-state index is 2.38. The molecule has 0 radical (unpaired) electrons. The van der Waals surface area contributed by atoms with Crippen LogP contribution in [0.5, 0.6) is 0 Å². The Morgan fingerprint density at radius 2 is 0.600 bits per heavy atom. The fourth-order valence-corrected chi connectivity index (χ4v) is 7.41. The van der Waals surface area contributed by atoms with Crippen molar-refractivity contribution in [3.63, 3.8) is 0 Å². The summed E-state index contributed by atoms with van der Waals surface area (Å²) in [5.41, 5.74) is 14.6. The molecular weight excluding hydrogens is 601 g/mol. The van der Waals surface area contributed by atoms with Crippen molar-refractivity contribution in [1.82, 2.24) is 0 Å². The van der Waals surface area contributed by atoms with Crippen LogP contribution < -0.4 is 0 Å². The molecule has 0 amide bonds. The van der Waals surface area contributed by atoms with Crippen LogP contribution in [0.3, 0.4) is 0 Å². The zero-order valence-electron chi connectivity index (χ0n) is 27.6. The van der Waals surface area contributed by atoms with Gasteiger partial charge in [0.05, 0.1) is 0 Å². The second-order valence-electron chi connectivity index (χ2n) is 12.9. The molecule has 0 aliphatic heterocycles. The Bertz CT molecular complexity index is 2490. The van der Waals surface area contributed by atoms with Gasteiger partial charge in [-0.25, -0.2) is 0 Å². The molecule has 0 saturated heterocycles. The number of benzene rings is 9. The van der Waals surface area contributed by atoms with Crippen LogP contribution in [-0.2, 0) is 0 Å². The van der Waals surface area contributed by atoms with Gasteiger partial charge in [0.15, 0.2) is 0 Å². The lowest BCUT2D eigenvalue weighted by Crippen LogP contribution is -1.92. The predicted molar refractivity (Wildman–Crippen MR) is 214 cm³/mol. The Hall–Kier alpha value is -6.50. The Morgan fingerprint density at radius 3 is 1.08 bits per heavy atom. The number of hydrogen-bond donors (Lipinski definition) is 0. The molecule has 0 aliphatic rings. The lowest BCUT2D eigenvalue weighted by molar-refractivity contribution is 1.57. The molecule has 0 aliphatic carbocycles. The van der Waals surface area contributed by atoms with Crippen LogP contribution in [0.4, 0.5) is 0 Å². The highest BCUT2D eigenvalue weighted by atomic mass is 14.2. The molecule has 0 saturated carbocycles. The van der Waals surface area contributed by atoms with E-state index in [9.17, 15) is 0 Å². The highest BCUT2D eigenvalue weighted by Gasteiger charge is 2.18. The third-order valence-electron chi connectivity index (χ3n) is 9.78. The average Bonchev–Trinajstić information content (AvgIpc) is 3.20. The minimum Gasteiger partial charge on any atom is -0.0622 e. The highest BCUT2D eigenvalue weighted by molar-refractivity contribution is 6.18. The van der Waals surface area contributed by atoms with E-state index >= 15 is 0 Å². The molecule has 0 N–H and O–H groups in total. The third-order valence-corrected chi connectivity index (χ3v) is 9.78. The second-order valence-corrected chi connectivity index (χ2v) is 12.9. The molecule has 234 valence electrons. The van der Waals surface area contributed by atoms with Crippen molar-refractivity contribution >= 4 is 21.5 Å². The maximum Gasteiger partial charge on any atom is -0.00201 e. The molecule has 0 unspecified atom stereocenters. The summed E-state index contributed by atoms with van der Waals surface area (Å²) in [5.74, 6) is 0. The molecule has 0 atom stereocenters. The SMILES string of the molecule is c1ccc(-c2cc(-c3ccccc3)cc(-c3cccc4cc5ccccc5c(-c5cc(-c6ccccc6)cc(-c6ccccc6)c5)c34)c2)cc1. The first kappa shape index (κ1) is 29.6. The normalized spacial score (nSPS) is 11.2. The third kappa shape index (κ3) is 5.57. The summed E-state index contributed by atoms with van der Waals surface area (Å²) in [6, 6.07) is 75.1. The maximum atomic E-state index is 2.38. The summed E-state index contributed by atoms with van der Waals surface area (Å²) in [6.45, 7) is 0. The first-order valence-corrected chi connectivity index (χ1v) is 17.3.